The number of ether oxygens (including phenoxy) is 1. The van der Waals surface area contributed by atoms with Gasteiger partial charge in [-0.25, -0.2) is 0 Å². The minimum Gasteiger partial charge on any atom is -0.496 e. The van der Waals surface area contributed by atoms with Crippen LogP contribution < -0.4 is 15.4 Å². The van der Waals surface area contributed by atoms with E-state index in [4.69, 9.17) is 4.74 Å². The molecule has 1 rings (SSSR count). The number of rotatable bonds is 5. The number of para-hydroxylation sites is 1. The third-order valence-electron chi connectivity index (χ3n) is 3.10. The first-order valence-corrected chi connectivity index (χ1v) is 5.56. The number of methoxy groups -OCH3 is 1. The summed E-state index contributed by atoms with van der Waals surface area (Å²) in [6, 6.07) is 8.31. The van der Waals surface area contributed by atoms with Gasteiger partial charge in [-0.3, -0.25) is 0 Å². The fraction of sp³-hybridized carbons (Fsp3) is 0.538. The maximum Gasteiger partial charge on any atom is 0.123 e. The van der Waals surface area contributed by atoms with Gasteiger partial charge in [0.1, 0.15) is 5.75 Å². The van der Waals surface area contributed by atoms with Gasteiger partial charge in [-0.15, -0.1) is 0 Å². The quantitative estimate of drug-likeness (QED) is 0.799. The van der Waals surface area contributed by atoms with E-state index in [1.165, 1.54) is 5.56 Å². The van der Waals surface area contributed by atoms with Crippen LogP contribution in [-0.4, -0.2) is 26.7 Å². The van der Waals surface area contributed by atoms with Crippen LogP contribution in [0.5, 0.6) is 5.75 Å². The molecule has 1 aromatic carbocycles. The molecule has 0 radical (unpaired) electrons. The Bertz CT molecular complexity index is 336. The predicted molar refractivity (Wildman–Crippen MR) is 67.9 cm³/mol. The Balaban J connectivity index is 3.13. The summed E-state index contributed by atoms with van der Waals surface area (Å²) in [5, 5.41) is 6.67. The van der Waals surface area contributed by atoms with Crippen LogP contribution in [0.1, 0.15) is 25.5 Å². The molecular formula is C13H22N2O. The van der Waals surface area contributed by atoms with Gasteiger partial charge < -0.3 is 15.4 Å². The first-order valence-electron chi connectivity index (χ1n) is 5.56. The molecule has 0 aliphatic heterocycles. The Labute approximate surface area is 98.2 Å². The van der Waals surface area contributed by atoms with Crippen LogP contribution >= 0.6 is 0 Å². The molecule has 0 fully saturated rings. The monoisotopic (exact) mass is 222 g/mol. The van der Waals surface area contributed by atoms with Crippen LogP contribution in [0, 0.1) is 0 Å². The summed E-state index contributed by atoms with van der Waals surface area (Å²) in [6.45, 7) is 4.33. The summed E-state index contributed by atoms with van der Waals surface area (Å²) in [5.41, 5.74) is 1.13. The Morgan fingerprint density at radius 1 is 1.19 bits per heavy atom. The molecule has 0 heterocycles. The lowest BCUT2D eigenvalue weighted by molar-refractivity contribution is 0.300. The van der Waals surface area contributed by atoms with E-state index in [9.17, 15) is 0 Å². The van der Waals surface area contributed by atoms with Crippen molar-refractivity contribution in [2.24, 2.45) is 0 Å². The van der Waals surface area contributed by atoms with Gasteiger partial charge in [0.2, 0.25) is 0 Å². The lowest BCUT2D eigenvalue weighted by Gasteiger charge is -2.35. The zero-order chi connectivity index (χ0) is 12.2. The summed E-state index contributed by atoms with van der Waals surface area (Å²) < 4.78 is 5.40. The third-order valence-corrected chi connectivity index (χ3v) is 3.10. The second-order valence-electron chi connectivity index (χ2n) is 4.44. The molecule has 0 spiro atoms. The van der Waals surface area contributed by atoms with E-state index < -0.39 is 0 Å². The Kier molecular flexibility index (Phi) is 4.33. The van der Waals surface area contributed by atoms with Gasteiger partial charge in [-0.1, -0.05) is 18.2 Å². The maximum atomic E-state index is 5.40. The molecule has 2 N–H and O–H groups in total. The van der Waals surface area contributed by atoms with Crippen LogP contribution in [0.3, 0.4) is 0 Å². The van der Waals surface area contributed by atoms with Crippen LogP contribution in [0.4, 0.5) is 0 Å². The van der Waals surface area contributed by atoms with Crippen molar-refractivity contribution in [2.45, 2.75) is 25.4 Å². The van der Waals surface area contributed by atoms with Crippen molar-refractivity contribution in [1.82, 2.24) is 10.6 Å². The van der Waals surface area contributed by atoms with Gasteiger partial charge in [0.15, 0.2) is 0 Å². The highest BCUT2D eigenvalue weighted by atomic mass is 16.5. The molecule has 0 saturated heterocycles. The molecular weight excluding hydrogens is 200 g/mol. The normalized spacial score (nSPS) is 13.6. The number of likely N-dealkylation sites (N-methyl/N-ethyl adjacent to an activating group) is 2. The number of benzene rings is 1. The van der Waals surface area contributed by atoms with Crippen LogP contribution in [0.25, 0.3) is 0 Å². The molecule has 16 heavy (non-hydrogen) atoms. The van der Waals surface area contributed by atoms with E-state index in [-0.39, 0.29) is 11.6 Å². The predicted octanol–water partition coefficient (Wildman–Crippen LogP) is 1.95. The molecule has 1 aromatic rings. The van der Waals surface area contributed by atoms with Crippen molar-refractivity contribution in [2.75, 3.05) is 21.2 Å². The highest BCUT2D eigenvalue weighted by Gasteiger charge is 2.29. The second-order valence-corrected chi connectivity index (χ2v) is 4.44. The first-order chi connectivity index (χ1) is 7.56. The Hall–Kier alpha value is -1.06. The van der Waals surface area contributed by atoms with Gasteiger partial charge in [0, 0.05) is 11.1 Å². The minimum atomic E-state index is -0.0383. The van der Waals surface area contributed by atoms with Gasteiger partial charge in [0.25, 0.3) is 0 Å². The van der Waals surface area contributed by atoms with Crippen LogP contribution in [-0.2, 0) is 0 Å². The first kappa shape index (κ1) is 13.0. The summed E-state index contributed by atoms with van der Waals surface area (Å²) in [5.74, 6) is 0.921. The molecule has 0 aliphatic rings. The van der Waals surface area contributed by atoms with Crippen molar-refractivity contribution in [3.05, 3.63) is 29.8 Å². The zero-order valence-electron chi connectivity index (χ0n) is 10.8. The molecule has 3 nitrogen and oxygen atoms in total. The fourth-order valence-electron chi connectivity index (χ4n) is 1.95. The average molecular weight is 222 g/mol. The van der Waals surface area contributed by atoms with E-state index in [0.29, 0.717) is 0 Å². The van der Waals surface area contributed by atoms with E-state index in [2.05, 4.69) is 30.5 Å². The molecule has 0 saturated carbocycles. The van der Waals surface area contributed by atoms with E-state index >= 15 is 0 Å². The molecule has 0 amide bonds. The maximum absolute atomic E-state index is 5.40. The summed E-state index contributed by atoms with van der Waals surface area (Å²) >= 11 is 0. The van der Waals surface area contributed by atoms with Crippen molar-refractivity contribution >= 4 is 0 Å². The molecule has 90 valence electrons. The summed E-state index contributed by atoms with van der Waals surface area (Å²) in [4.78, 5) is 0. The zero-order valence-corrected chi connectivity index (χ0v) is 10.8. The van der Waals surface area contributed by atoms with E-state index in [0.717, 1.165) is 5.75 Å². The van der Waals surface area contributed by atoms with Crippen molar-refractivity contribution in [1.29, 1.82) is 0 Å². The smallest absolute Gasteiger partial charge is 0.123 e. The number of hydrogen-bond acceptors (Lipinski definition) is 3. The Morgan fingerprint density at radius 2 is 1.81 bits per heavy atom. The highest BCUT2D eigenvalue weighted by molar-refractivity contribution is 5.37. The Morgan fingerprint density at radius 3 is 2.31 bits per heavy atom. The summed E-state index contributed by atoms with van der Waals surface area (Å²) in [6.07, 6.45) is 0. The number of nitrogens with one attached hydrogen (secondary N) is 2. The van der Waals surface area contributed by atoms with Crippen molar-refractivity contribution in [3.8, 4) is 5.75 Å². The molecule has 0 aromatic heterocycles. The summed E-state index contributed by atoms with van der Waals surface area (Å²) in [7, 11) is 5.65. The largest absolute Gasteiger partial charge is 0.496 e. The molecule has 0 aliphatic carbocycles. The van der Waals surface area contributed by atoms with Crippen molar-refractivity contribution in [3.63, 3.8) is 0 Å². The average Bonchev–Trinajstić information content (AvgIpc) is 2.30. The van der Waals surface area contributed by atoms with Crippen LogP contribution in [0.2, 0.25) is 0 Å². The van der Waals surface area contributed by atoms with Gasteiger partial charge >= 0.3 is 0 Å². The fourth-order valence-corrected chi connectivity index (χ4v) is 1.95. The number of hydrogen-bond donors (Lipinski definition) is 2. The second kappa shape index (κ2) is 5.32. The van der Waals surface area contributed by atoms with Gasteiger partial charge in [0.05, 0.1) is 13.2 Å². The lowest BCUT2D eigenvalue weighted by atomic mass is 9.88. The molecule has 0 bridgehead atoms. The minimum absolute atomic E-state index is 0.0383. The lowest BCUT2D eigenvalue weighted by Crippen LogP contribution is -2.47. The molecule has 1 atom stereocenters. The van der Waals surface area contributed by atoms with E-state index in [1.807, 2.05) is 32.3 Å². The molecule has 3 heteroatoms. The molecule has 1 unspecified atom stereocenters. The highest BCUT2D eigenvalue weighted by Crippen LogP contribution is 2.31. The van der Waals surface area contributed by atoms with Gasteiger partial charge in [-0.2, -0.15) is 0 Å². The topological polar surface area (TPSA) is 33.3 Å². The van der Waals surface area contributed by atoms with E-state index in [1.54, 1.807) is 7.11 Å². The third kappa shape index (κ3) is 2.54. The SMILES string of the molecule is CNC(c1ccccc1OC)C(C)(C)NC. The van der Waals surface area contributed by atoms with Crippen LogP contribution in [0.15, 0.2) is 24.3 Å². The standard InChI is InChI=1S/C13H22N2O/c1-13(2,15-4)12(14-3)10-8-6-7-9-11(10)16-5/h6-9,12,14-15H,1-5H3. The van der Waals surface area contributed by atoms with Crippen molar-refractivity contribution < 1.29 is 4.74 Å². The van der Waals surface area contributed by atoms with Gasteiger partial charge in [-0.05, 0) is 34.0 Å².